The number of halogens is 1. The molecule has 24 heavy (non-hydrogen) atoms. The number of hydrogen-bond donors (Lipinski definition) is 0. The fourth-order valence-corrected chi connectivity index (χ4v) is 2.41. The van der Waals surface area contributed by atoms with E-state index in [1.807, 2.05) is 19.1 Å². The molecule has 1 heterocycles. The lowest BCUT2D eigenvalue weighted by molar-refractivity contribution is 0.0505. The molecule has 0 radical (unpaired) electrons. The summed E-state index contributed by atoms with van der Waals surface area (Å²) in [7, 11) is 0. The summed E-state index contributed by atoms with van der Waals surface area (Å²) >= 11 is 6.15. The highest BCUT2D eigenvalue weighted by Gasteiger charge is 2.19. The fraction of sp³-hybridized carbons (Fsp3) is 0.167. The van der Waals surface area contributed by atoms with Gasteiger partial charge in [-0.25, -0.2) is 4.79 Å². The maximum absolute atomic E-state index is 12.2. The topological polar surface area (TPSA) is 65.2 Å². The van der Waals surface area contributed by atoms with Crippen molar-refractivity contribution in [2.24, 2.45) is 0 Å². The maximum atomic E-state index is 12.2. The van der Waals surface area contributed by atoms with Crippen LogP contribution >= 0.6 is 11.6 Å². The molecular weight excluding hydrogens is 328 g/mol. The van der Waals surface area contributed by atoms with E-state index >= 15 is 0 Å². The van der Waals surface area contributed by atoms with Crippen molar-refractivity contribution in [1.29, 1.82) is 0 Å². The number of ether oxygens (including phenoxy) is 1. The molecule has 1 aromatic heterocycles. The lowest BCUT2D eigenvalue weighted by Gasteiger charge is -2.06. The lowest BCUT2D eigenvalue weighted by Crippen LogP contribution is -2.07. The summed E-state index contributed by atoms with van der Waals surface area (Å²) in [5, 5.41) is 8.59. The molecule has 0 atom stereocenters. The number of nitrogens with zero attached hydrogens (tertiary/aromatic N) is 2. The van der Waals surface area contributed by atoms with Crippen LogP contribution in [0.25, 0.3) is 22.9 Å². The van der Waals surface area contributed by atoms with Crippen molar-refractivity contribution in [2.75, 3.05) is 6.61 Å². The third kappa shape index (κ3) is 3.31. The minimum Gasteiger partial charge on any atom is -0.462 e. The SMILES string of the molecule is CCCOC(=O)c1ccccc1-c1nnc(-c2ccccc2Cl)o1. The van der Waals surface area contributed by atoms with Crippen LogP contribution in [0.1, 0.15) is 23.7 Å². The van der Waals surface area contributed by atoms with E-state index in [1.165, 1.54) is 0 Å². The first kappa shape index (κ1) is 16.2. The molecule has 3 rings (SSSR count). The van der Waals surface area contributed by atoms with E-state index in [-0.39, 0.29) is 5.89 Å². The number of aromatic nitrogens is 2. The Morgan fingerprint density at radius 3 is 2.38 bits per heavy atom. The van der Waals surface area contributed by atoms with Gasteiger partial charge < -0.3 is 9.15 Å². The van der Waals surface area contributed by atoms with Crippen molar-refractivity contribution in [2.45, 2.75) is 13.3 Å². The van der Waals surface area contributed by atoms with Gasteiger partial charge in [0.15, 0.2) is 0 Å². The van der Waals surface area contributed by atoms with Crippen LogP contribution in [0.2, 0.25) is 5.02 Å². The van der Waals surface area contributed by atoms with E-state index in [2.05, 4.69) is 10.2 Å². The second-order valence-corrected chi connectivity index (χ2v) is 5.48. The van der Waals surface area contributed by atoms with Gasteiger partial charge in [0.1, 0.15) is 0 Å². The molecule has 0 spiro atoms. The van der Waals surface area contributed by atoms with Crippen molar-refractivity contribution < 1.29 is 13.9 Å². The standard InChI is InChI=1S/C18H15ClN2O3/c1-2-11-23-18(22)13-8-4-3-7-12(13)16-20-21-17(24-16)14-9-5-6-10-15(14)19/h3-10H,2,11H2,1H3. The van der Waals surface area contributed by atoms with E-state index in [0.29, 0.717) is 34.2 Å². The Morgan fingerprint density at radius 1 is 1.04 bits per heavy atom. The molecule has 5 nitrogen and oxygen atoms in total. The van der Waals surface area contributed by atoms with E-state index in [1.54, 1.807) is 36.4 Å². The Labute approximate surface area is 144 Å². The largest absolute Gasteiger partial charge is 0.462 e. The van der Waals surface area contributed by atoms with Crippen molar-refractivity contribution in [3.63, 3.8) is 0 Å². The predicted octanol–water partition coefficient (Wildman–Crippen LogP) is 4.62. The minimum absolute atomic E-state index is 0.244. The average molecular weight is 343 g/mol. The number of esters is 1. The van der Waals surface area contributed by atoms with Crippen molar-refractivity contribution in [3.8, 4) is 22.9 Å². The van der Waals surface area contributed by atoms with Gasteiger partial charge in [0, 0.05) is 0 Å². The van der Waals surface area contributed by atoms with Gasteiger partial charge in [-0.15, -0.1) is 10.2 Å². The molecule has 0 aliphatic rings. The van der Waals surface area contributed by atoms with Crippen LogP contribution in [-0.4, -0.2) is 22.8 Å². The van der Waals surface area contributed by atoms with E-state index in [0.717, 1.165) is 6.42 Å². The smallest absolute Gasteiger partial charge is 0.338 e. The van der Waals surface area contributed by atoms with Gasteiger partial charge in [-0.2, -0.15) is 0 Å². The maximum Gasteiger partial charge on any atom is 0.338 e. The second-order valence-electron chi connectivity index (χ2n) is 5.07. The Bertz CT molecular complexity index is 861. The molecular formula is C18H15ClN2O3. The Kier molecular flexibility index (Phi) is 4.91. The average Bonchev–Trinajstić information content (AvgIpc) is 3.09. The van der Waals surface area contributed by atoms with E-state index in [4.69, 9.17) is 20.8 Å². The summed E-state index contributed by atoms with van der Waals surface area (Å²) in [6.45, 7) is 2.30. The highest BCUT2D eigenvalue weighted by atomic mass is 35.5. The monoisotopic (exact) mass is 342 g/mol. The molecule has 0 unspecified atom stereocenters. The molecule has 0 saturated carbocycles. The van der Waals surface area contributed by atoms with Gasteiger partial charge in [-0.05, 0) is 30.7 Å². The van der Waals surface area contributed by atoms with Gasteiger partial charge in [0.25, 0.3) is 0 Å². The van der Waals surface area contributed by atoms with E-state index in [9.17, 15) is 4.79 Å². The molecule has 0 bridgehead atoms. The van der Waals surface area contributed by atoms with Gasteiger partial charge in [0.2, 0.25) is 11.8 Å². The quantitative estimate of drug-likeness (QED) is 0.633. The zero-order valence-corrected chi connectivity index (χ0v) is 13.8. The normalized spacial score (nSPS) is 10.6. The molecule has 0 saturated heterocycles. The third-order valence-corrected chi connectivity index (χ3v) is 3.67. The molecule has 6 heteroatoms. The van der Waals surface area contributed by atoms with Crippen LogP contribution in [0.3, 0.4) is 0 Å². The molecule has 122 valence electrons. The van der Waals surface area contributed by atoms with Gasteiger partial charge in [-0.1, -0.05) is 42.8 Å². The number of carbonyl (C=O) groups excluding carboxylic acids is 1. The Hall–Kier alpha value is -2.66. The highest BCUT2D eigenvalue weighted by Crippen LogP contribution is 2.30. The summed E-state index contributed by atoms with van der Waals surface area (Å²) in [4.78, 5) is 12.2. The van der Waals surface area contributed by atoms with Crippen LogP contribution in [-0.2, 0) is 4.74 Å². The molecule has 3 aromatic rings. The summed E-state index contributed by atoms with van der Waals surface area (Å²) in [5.74, 6) is 0.131. The first-order valence-corrected chi connectivity index (χ1v) is 7.93. The van der Waals surface area contributed by atoms with Crippen LogP contribution in [0.15, 0.2) is 52.9 Å². The number of rotatable bonds is 5. The summed E-state index contributed by atoms with van der Waals surface area (Å²) in [5.41, 5.74) is 1.56. The minimum atomic E-state index is -0.412. The molecule has 0 aliphatic carbocycles. The first-order chi connectivity index (χ1) is 11.7. The van der Waals surface area contributed by atoms with Crippen LogP contribution in [0, 0.1) is 0 Å². The zero-order chi connectivity index (χ0) is 16.9. The number of carbonyl (C=O) groups is 1. The molecule has 0 amide bonds. The molecule has 0 fully saturated rings. The second kappa shape index (κ2) is 7.27. The lowest BCUT2D eigenvalue weighted by atomic mass is 10.1. The summed E-state index contributed by atoms with van der Waals surface area (Å²) in [6.07, 6.45) is 0.755. The first-order valence-electron chi connectivity index (χ1n) is 7.55. The van der Waals surface area contributed by atoms with Gasteiger partial charge in [-0.3, -0.25) is 0 Å². The predicted molar refractivity (Wildman–Crippen MR) is 90.8 cm³/mol. The molecule has 0 aliphatic heterocycles. The van der Waals surface area contributed by atoms with E-state index < -0.39 is 5.97 Å². The van der Waals surface area contributed by atoms with Crippen molar-refractivity contribution in [1.82, 2.24) is 10.2 Å². The van der Waals surface area contributed by atoms with Crippen LogP contribution in [0.4, 0.5) is 0 Å². The van der Waals surface area contributed by atoms with Gasteiger partial charge >= 0.3 is 5.97 Å². The van der Waals surface area contributed by atoms with Crippen molar-refractivity contribution in [3.05, 3.63) is 59.1 Å². The van der Waals surface area contributed by atoms with Gasteiger partial charge in [0.05, 0.1) is 28.3 Å². The fourth-order valence-electron chi connectivity index (χ4n) is 2.20. The Morgan fingerprint density at radius 2 is 1.67 bits per heavy atom. The third-order valence-electron chi connectivity index (χ3n) is 3.34. The highest BCUT2D eigenvalue weighted by molar-refractivity contribution is 6.33. The summed E-state index contributed by atoms with van der Waals surface area (Å²) in [6, 6.07) is 14.2. The number of hydrogen-bond acceptors (Lipinski definition) is 5. The van der Waals surface area contributed by atoms with Crippen LogP contribution in [0.5, 0.6) is 0 Å². The van der Waals surface area contributed by atoms with Crippen molar-refractivity contribution >= 4 is 17.6 Å². The molecule has 2 aromatic carbocycles. The van der Waals surface area contributed by atoms with Crippen LogP contribution < -0.4 is 0 Å². The number of benzene rings is 2. The summed E-state index contributed by atoms with van der Waals surface area (Å²) < 4.78 is 10.9. The zero-order valence-electron chi connectivity index (χ0n) is 13.0. The Balaban J connectivity index is 1.96. The molecule has 0 N–H and O–H groups in total.